The van der Waals surface area contributed by atoms with Gasteiger partial charge in [0.2, 0.25) is 0 Å². The molecular formula is C23H23FN4O3. The predicted octanol–water partition coefficient (Wildman–Crippen LogP) is 2.60. The average molecular weight is 422 g/mol. The van der Waals surface area contributed by atoms with Crippen LogP contribution in [0.5, 0.6) is 5.75 Å². The van der Waals surface area contributed by atoms with Gasteiger partial charge in [0.05, 0.1) is 23.5 Å². The van der Waals surface area contributed by atoms with Crippen LogP contribution in [-0.2, 0) is 6.42 Å². The molecule has 7 nitrogen and oxygen atoms in total. The molecule has 8 heteroatoms. The quantitative estimate of drug-likeness (QED) is 0.545. The van der Waals surface area contributed by atoms with Gasteiger partial charge in [-0.15, -0.1) is 0 Å². The number of amides is 2. The first-order chi connectivity index (χ1) is 15.1. The van der Waals surface area contributed by atoms with Crippen molar-refractivity contribution in [3.63, 3.8) is 0 Å². The third-order valence-electron chi connectivity index (χ3n) is 5.36. The molecule has 2 amide bonds. The molecule has 4 rings (SSSR count). The second kappa shape index (κ2) is 8.99. The smallest absolute Gasteiger partial charge is 0.254 e. The fourth-order valence-corrected chi connectivity index (χ4v) is 3.88. The van der Waals surface area contributed by atoms with Gasteiger partial charge < -0.3 is 20.4 Å². The van der Waals surface area contributed by atoms with E-state index in [1.807, 2.05) is 30.3 Å². The van der Waals surface area contributed by atoms with Gasteiger partial charge in [-0.1, -0.05) is 30.3 Å². The number of halogens is 1. The first kappa shape index (κ1) is 20.6. The van der Waals surface area contributed by atoms with Gasteiger partial charge in [0.15, 0.2) is 0 Å². The van der Waals surface area contributed by atoms with Crippen LogP contribution >= 0.6 is 0 Å². The number of hydrogen-bond acceptors (Lipinski definition) is 4. The summed E-state index contributed by atoms with van der Waals surface area (Å²) < 4.78 is 19.7. The lowest BCUT2D eigenvalue weighted by molar-refractivity contribution is 0.0953. The van der Waals surface area contributed by atoms with Crippen LogP contribution < -0.4 is 15.4 Å². The van der Waals surface area contributed by atoms with Gasteiger partial charge >= 0.3 is 0 Å². The number of ether oxygens (including phenoxy) is 1. The number of rotatable bonds is 7. The van der Waals surface area contributed by atoms with Crippen LogP contribution in [0.15, 0.2) is 55.0 Å². The number of hydrogen-bond donors (Lipinski definition) is 3. The van der Waals surface area contributed by atoms with E-state index in [1.165, 1.54) is 13.1 Å². The highest BCUT2D eigenvalue weighted by Gasteiger charge is 2.39. The Bertz CT molecular complexity index is 1070. The summed E-state index contributed by atoms with van der Waals surface area (Å²) in [5.74, 6) is -0.807. The SMILES string of the molecule is CNC(=O)c1cc(C(=O)NCCc2c[nH]cn2)cc2c1O[C@H](CF)[C@H]2c1ccccc1. The molecule has 3 N–H and O–H groups in total. The van der Waals surface area contributed by atoms with Gasteiger partial charge in [0, 0.05) is 37.3 Å². The van der Waals surface area contributed by atoms with Crippen LogP contribution in [0.25, 0.3) is 0 Å². The van der Waals surface area contributed by atoms with E-state index in [-0.39, 0.29) is 11.5 Å². The van der Waals surface area contributed by atoms with Crippen molar-refractivity contribution in [3.8, 4) is 5.75 Å². The third-order valence-corrected chi connectivity index (χ3v) is 5.36. The second-order valence-electron chi connectivity index (χ2n) is 7.29. The molecule has 0 saturated carbocycles. The molecule has 0 aliphatic carbocycles. The maximum atomic E-state index is 13.9. The molecule has 160 valence electrons. The minimum absolute atomic E-state index is 0.217. The molecular weight excluding hydrogens is 399 g/mol. The Morgan fingerprint density at radius 3 is 2.68 bits per heavy atom. The standard InChI is InChI=1S/C23H23FN4O3/c1-25-23(30)18-10-15(22(29)27-8-7-16-12-26-13-28-16)9-17-20(14-5-3-2-4-6-14)19(11-24)31-21(17)18/h2-6,9-10,12-13,19-20H,7-8,11H2,1H3,(H,25,30)(H,26,28)(H,27,29)/t19-,20+/m1/s1. The number of nitrogens with one attached hydrogen (secondary N) is 3. The van der Waals surface area contributed by atoms with Gasteiger partial charge in [-0.3, -0.25) is 9.59 Å². The van der Waals surface area contributed by atoms with Crippen LogP contribution in [0.3, 0.4) is 0 Å². The number of nitrogens with zero attached hydrogens (tertiary/aromatic N) is 1. The molecule has 0 bridgehead atoms. The van der Waals surface area contributed by atoms with E-state index in [9.17, 15) is 14.0 Å². The number of imidazole rings is 1. The Kier molecular flexibility index (Phi) is 5.97. The average Bonchev–Trinajstić information content (AvgIpc) is 3.45. The number of carbonyl (C=O) groups excluding carboxylic acids is 2. The lowest BCUT2D eigenvalue weighted by Crippen LogP contribution is -2.27. The Morgan fingerprint density at radius 1 is 1.19 bits per heavy atom. The summed E-state index contributed by atoms with van der Waals surface area (Å²) >= 11 is 0. The summed E-state index contributed by atoms with van der Waals surface area (Å²) in [6, 6.07) is 12.6. The zero-order chi connectivity index (χ0) is 21.8. The molecule has 0 saturated heterocycles. The summed E-state index contributed by atoms with van der Waals surface area (Å²) in [6.45, 7) is -0.325. The summed E-state index contributed by atoms with van der Waals surface area (Å²) in [7, 11) is 1.50. The minimum atomic E-state index is -0.765. The lowest BCUT2D eigenvalue weighted by atomic mass is 9.86. The van der Waals surface area contributed by atoms with E-state index < -0.39 is 24.6 Å². The van der Waals surface area contributed by atoms with Crippen molar-refractivity contribution in [2.24, 2.45) is 0 Å². The number of carbonyl (C=O) groups is 2. The molecule has 0 fully saturated rings. The maximum Gasteiger partial charge on any atom is 0.254 e. The minimum Gasteiger partial charge on any atom is -0.486 e. The first-order valence-corrected chi connectivity index (χ1v) is 10.1. The third kappa shape index (κ3) is 4.14. The van der Waals surface area contributed by atoms with Gasteiger partial charge in [-0.2, -0.15) is 0 Å². The second-order valence-corrected chi connectivity index (χ2v) is 7.29. The van der Waals surface area contributed by atoms with E-state index in [0.29, 0.717) is 29.8 Å². The van der Waals surface area contributed by atoms with Crippen LogP contribution in [0, 0.1) is 0 Å². The van der Waals surface area contributed by atoms with Crippen LogP contribution in [-0.4, -0.2) is 48.2 Å². The van der Waals surface area contributed by atoms with Gasteiger partial charge in [0.1, 0.15) is 18.5 Å². The zero-order valence-corrected chi connectivity index (χ0v) is 17.0. The summed E-state index contributed by atoms with van der Waals surface area (Å²) in [5.41, 5.74) is 2.87. The predicted molar refractivity (Wildman–Crippen MR) is 113 cm³/mol. The van der Waals surface area contributed by atoms with Crippen molar-refractivity contribution in [2.45, 2.75) is 18.4 Å². The normalized spacial score (nSPS) is 17.0. The van der Waals surface area contributed by atoms with Crippen molar-refractivity contribution in [1.29, 1.82) is 0 Å². The van der Waals surface area contributed by atoms with E-state index >= 15 is 0 Å². The Hall–Kier alpha value is -3.68. The van der Waals surface area contributed by atoms with Crippen molar-refractivity contribution in [1.82, 2.24) is 20.6 Å². The Balaban J connectivity index is 1.68. The number of fused-ring (bicyclic) bond motifs is 1. The van der Waals surface area contributed by atoms with E-state index in [1.54, 1.807) is 18.6 Å². The fraction of sp³-hybridized carbons (Fsp3) is 0.261. The Labute approximate surface area is 179 Å². The molecule has 0 radical (unpaired) electrons. The maximum absolute atomic E-state index is 13.9. The fourth-order valence-electron chi connectivity index (χ4n) is 3.88. The van der Waals surface area contributed by atoms with Gasteiger partial charge in [-0.25, -0.2) is 9.37 Å². The highest BCUT2D eigenvalue weighted by molar-refractivity contribution is 6.02. The summed E-state index contributed by atoms with van der Waals surface area (Å²) in [6.07, 6.45) is 3.16. The van der Waals surface area contributed by atoms with E-state index in [4.69, 9.17) is 4.74 Å². The molecule has 1 aromatic heterocycles. The highest BCUT2D eigenvalue weighted by atomic mass is 19.1. The van der Waals surface area contributed by atoms with Crippen LogP contribution in [0.2, 0.25) is 0 Å². The van der Waals surface area contributed by atoms with E-state index in [2.05, 4.69) is 20.6 Å². The monoisotopic (exact) mass is 422 g/mol. The molecule has 2 aromatic carbocycles. The molecule has 31 heavy (non-hydrogen) atoms. The van der Waals surface area contributed by atoms with Crippen molar-refractivity contribution < 1.29 is 18.7 Å². The van der Waals surface area contributed by atoms with Gasteiger partial charge in [0.25, 0.3) is 11.8 Å². The van der Waals surface area contributed by atoms with Crippen molar-refractivity contribution in [3.05, 3.63) is 82.9 Å². The molecule has 0 unspecified atom stereocenters. The van der Waals surface area contributed by atoms with Crippen LogP contribution in [0.1, 0.15) is 43.5 Å². The number of alkyl halides is 1. The molecule has 2 atom stereocenters. The molecule has 1 aliphatic rings. The Morgan fingerprint density at radius 2 is 2.00 bits per heavy atom. The highest BCUT2D eigenvalue weighted by Crippen LogP contribution is 2.45. The number of benzene rings is 2. The summed E-state index contributed by atoms with van der Waals surface area (Å²) in [4.78, 5) is 32.4. The molecule has 2 heterocycles. The van der Waals surface area contributed by atoms with Gasteiger partial charge in [-0.05, 0) is 17.7 Å². The topological polar surface area (TPSA) is 96.1 Å². The van der Waals surface area contributed by atoms with E-state index in [0.717, 1.165) is 11.3 Å². The molecule has 0 spiro atoms. The van der Waals surface area contributed by atoms with Crippen molar-refractivity contribution >= 4 is 11.8 Å². The number of H-pyrrole nitrogens is 1. The molecule has 1 aliphatic heterocycles. The number of aromatic amines is 1. The lowest BCUT2D eigenvalue weighted by Gasteiger charge is -2.16. The molecule has 3 aromatic rings. The summed E-state index contributed by atoms with van der Waals surface area (Å²) in [5, 5.41) is 5.42. The number of aromatic nitrogens is 2. The first-order valence-electron chi connectivity index (χ1n) is 10.1. The zero-order valence-electron chi connectivity index (χ0n) is 17.0. The largest absolute Gasteiger partial charge is 0.486 e. The van der Waals surface area contributed by atoms with Crippen LogP contribution in [0.4, 0.5) is 4.39 Å². The van der Waals surface area contributed by atoms with Crippen molar-refractivity contribution in [2.75, 3.05) is 20.3 Å².